The first-order chi connectivity index (χ1) is 8.65. The molecule has 0 aliphatic carbocycles. The molecule has 96 valence electrons. The van der Waals surface area contributed by atoms with E-state index >= 15 is 0 Å². The highest BCUT2D eigenvalue weighted by Crippen LogP contribution is 2.26. The van der Waals surface area contributed by atoms with Gasteiger partial charge < -0.3 is 15.4 Å². The lowest BCUT2D eigenvalue weighted by Crippen LogP contribution is -2.19. The molecule has 0 amide bonds. The largest absolute Gasteiger partial charge is 0.492 e. The number of nitrogens with two attached hydrogens (primary N) is 1. The minimum Gasteiger partial charge on any atom is -0.492 e. The van der Waals surface area contributed by atoms with Crippen molar-refractivity contribution >= 4 is 16.5 Å². The number of nitrogens with zero attached hydrogens (tertiary/aromatic N) is 2. The van der Waals surface area contributed by atoms with Crippen molar-refractivity contribution < 1.29 is 4.74 Å². The van der Waals surface area contributed by atoms with Crippen LogP contribution in [0.5, 0.6) is 5.75 Å². The molecule has 0 aliphatic heterocycles. The molecule has 1 aromatic heterocycles. The third-order valence-electron chi connectivity index (χ3n) is 2.46. The van der Waals surface area contributed by atoms with Crippen LogP contribution in [0.2, 0.25) is 0 Å². The number of thiazole rings is 1. The summed E-state index contributed by atoms with van der Waals surface area (Å²) in [4.78, 5) is 6.35. The fourth-order valence-corrected chi connectivity index (χ4v) is 2.08. The predicted octanol–water partition coefficient (Wildman–Crippen LogP) is 2.33. The van der Waals surface area contributed by atoms with Crippen molar-refractivity contribution in [2.75, 3.05) is 33.0 Å². The number of nitrogen functional groups attached to an aromatic ring is 1. The summed E-state index contributed by atoms with van der Waals surface area (Å²) < 4.78 is 5.69. The van der Waals surface area contributed by atoms with Crippen molar-refractivity contribution in [3.8, 4) is 17.0 Å². The molecule has 5 heteroatoms. The number of likely N-dealkylation sites (N-methyl/N-ethyl adjacent to an activating group) is 1. The zero-order chi connectivity index (χ0) is 13.0. The van der Waals surface area contributed by atoms with Crippen molar-refractivity contribution in [3.05, 3.63) is 29.6 Å². The van der Waals surface area contributed by atoms with Crippen molar-refractivity contribution in [1.82, 2.24) is 9.88 Å². The van der Waals surface area contributed by atoms with Crippen LogP contribution in [0.4, 0.5) is 5.13 Å². The van der Waals surface area contributed by atoms with E-state index in [0.29, 0.717) is 11.7 Å². The fourth-order valence-electron chi connectivity index (χ4n) is 1.51. The van der Waals surface area contributed by atoms with E-state index in [1.165, 1.54) is 11.3 Å². The number of benzene rings is 1. The van der Waals surface area contributed by atoms with Gasteiger partial charge in [0.1, 0.15) is 12.4 Å². The second-order valence-electron chi connectivity index (χ2n) is 4.25. The molecule has 0 atom stereocenters. The van der Waals surface area contributed by atoms with Crippen LogP contribution in [0.1, 0.15) is 0 Å². The molecule has 18 heavy (non-hydrogen) atoms. The van der Waals surface area contributed by atoms with Gasteiger partial charge >= 0.3 is 0 Å². The molecule has 1 heterocycles. The molecule has 2 aromatic rings. The normalized spacial score (nSPS) is 10.8. The van der Waals surface area contributed by atoms with Gasteiger partial charge in [0.2, 0.25) is 0 Å². The number of ether oxygens (including phenoxy) is 1. The summed E-state index contributed by atoms with van der Waals surface area (Å²) in [5.74, 6) is 0.862. The standard InChI is InChI=1S/C13H17N3OS/c1-16(2)6-7-17-11-5-3-4-10(8-11)12-9-18-13(14)15-12/h3-5,8-9H,6-7H2,1-2H3,(H2,14,15). The van der Waals surface area contributed by atoms with Gasteiger partial charge in [-0.2, -0.15) is 0 Å². The van der Waals surface area contributed by atoms with Gasteiger partial charge in [0.15, 0.2) is 5.13 Å². The molecule has 0 fully saturated rings. The maximum atomic E-state index is 5.69. The van der Waals surface area contributed by atoms with Gasteiger partial charge in [-0.1, -0.05) is 12.1 Å². The number of hydrogen-bond donors (Lipinski definition) is 1. The van der Waals surface area contributed by atoms with Gasteiger partial charge in [0, 0.05) is 17.5 Å². The topological polar surface area (TPSA) is 51.4 Å². The van der Waals surface area contributed by atoms with Gasteiger partial charge in [0.05, 0.1) is 5.69 Å². The van der Waals surface area contributed by atoms with Crippen molar-refractivity contribution in [3.63, 3.8) is 0 Å². The molecule has 0 spiro atoms. The monoisotopic (exact) mass is 263 g/mol. The van der Waals surface area contributed by atoms with Crippen LogP contribution in [-0.4, -0.2) is 37.1 Å². The molecule has 0 radical (unpaired) electrons. The Morgan fingerprint density at radius 1 is 1.39 bits per heavy atom. The van der Waals surface area contributed by atoms with Gasteiger partial charge in [-0.25, -0.2) is 4.98 Å². The first-order valence-corrected chi connectivity index (χ1v) is 6.62. The average Bonchev–Trinajstić information content (AvgIpc) is 2.76. The van der Waals surface area contributed by atoms with E-state index in [-0.39, 0.29) is 0 Å². The second kappa shape index (κ2) is 5.84. The van der Waals surface area contributed by atoms with Crippen LogP contribution in [0.3, 0.4) is 0 Å². The lowest BCUT2D eigenvalue weighted by molar-refractivity contribution is 0.261. The molecule has 0 saturated heterocycles. The Morgan fingerprint density at radius 3 is 2.89 bits per heavy atom. The molecule has 0 saturated carbocycles. The van der Waals surface area contributed by atoms with Gasteiger partial charge in [0.25, 0.3) is 0 Å². The van der Waals surface area contributed by atoms with Crippen LogP contribution in [-0.2, 0) is 0 Å². The molecular formula is C13H17N3OS. The van der Waals surface area contributed by atoms with Crippen LogP contribution in [0, 0.1) is 0 Å². The molecule has 0 unspecified atom stereocenters. The average molecular weight is 263 g/mol. The van der Waals surface area contributed by atoms with E-state index in [1.54, 1.807) is 0 Å². The minimum absolute atomic E-state index is 0.587. The van der Waals surface area contributed by atoms with Crippen molar-refractivity contribution in [2.45, 2.75) is 0 Å². The first-order valence-electron chi connectivity index (χ1n) is 5.74. The predicted molar refractivity (Wildman–Crippen MR) is 76.0 cm³/mol. The Balaban J connectivity index is 2.05. The van der Waals surface area contributed by atoms with E-state index in [4.69, 9.17) is 10.5 Å². The Morgan fingerprint density at radius 2 is 2.22 bits per heavy atom. The molecule has 1 aromatic carbocycles. The highest BCUT2D eigenvalue weighted by molar-refractivity contribution is 7.13. The quantitative estimate of drug-likeness (QED) is 0.899. The third-order valence-corrected chi connectivity index (χ3v) is 3.13. The van der Waals surface area contributed by atoms with Crippen LogP contribution in [0.15, 0.2) is 29.6 Å². The number of aromatic nitrogens is 1. The molecule has 0 aliphatic rings. The Kier molecular flexibility index (Phi) is 4.17. The summed E-state index contributed by atoms with van der Waals surface area (Å²) in [7, 11) is 4.05. The van der Waals surface area contributed by atoms with Crippen molar-refractivity contribution in [2.24, 2.45) is 0 Å². The van der Waals surface area contributed by atoms with Gasteiger partial charge in [-0.05, 0) is 26.2 Å². The molecule has 0 bridgehead atoms. The Labute approximate surface area is 111 Å². The highest BCUT2D eigenvalue weighted by atomic mass is 32.1. The molecule has 4 nitrogen and oxygen atoms in total. The Bertz CT molecular complexity index is 510. The van der Waals surface area contributed by atoms with Crippen molar-refractivity contribution in [1.29, 1.82) is 0 Å². The second-order valence-corrected chi connectivity index (χ2v) is 5.14. The summed E-state index contributed by atoms with van der Waals surface area (Å²) in [6, 6.07) is 7.92. The fraction of sp³-hybridized carbons (Fsp3) is 0.308. The number of rotatable bonds is 5. The molecular weight excluding hydrogens is 246 g/mol. The summed E-state index contributed by atoms with van der Waals surface area (Å²) >= 11 is 1.45. The number of hydrogen-bond acceptors (Lipinski definition) is 5. The summed E-state index contributed by atoms with van der Waals surface area (Å²) in [5.41, 5.74) is 7.57. The minimum atomic E-state index is 0.587. The lowest BCUT2D eigenvalue weighted by atomic mass is 10.2. The van der Waals surface area contributed by atoms with Crippen LogP contribution < -0.4 is 10.5 Å². The van der Waals surface area contributed by atoms with Crippen LogP contribution in [0.25, 0.3) is 11.3 Å². The zero-order valence-electron chi connectivity index (χ0n) is 10.6. The SMILES string of the molecule is CN(C)CCOc1cccc(-c2csc(N)n2)c1. The van der Waals surface area contributed by atoms with E-state index in [1.807, 2.05) is 43.7 Å². The van der Waals surface area contributed by atoms with Gasteiger partial charge in [-0.3, -0.25) is 0 Å². The van der Waals surface area contributed by atoms with E-state index in [9.17, 15) is 0 Å². The molecule has 2 N–H and O–H groups in total. The molecule has 2 rings (SSSR count). The maximum Gasteiger partial charge on any atom is 0.180 e. The zero-order valence-corrected chi connectivity index (χ0v) is 11.4. The maximum absolute atomic E-state index is 5.69. The smallest absolute Gasteiger partial charge is 0.180 e. The summed E-state index contributed by atoms with van der Waals surface area (Å²) in [6.45, 7) is 1.57. The lowest BCUT2D eigenvalue weighted by Gasteiger charge is -2.11. The summed E-state index contributed by atoms with van der Waals surface area (Å²) in [5, 5.41) is 2.54. The number of anilines is 1. The van der Waals surface area contributed by atoms with Crippen LogP contribution >= 0.6 is 11.3 Å². The third kappa shape index (κ3) is 3.45. The highest BCUT2D eigenvalue weighted by Gasteiger charge is 2.04. The van der Waals surface area contributed by atoms with E-state index < -0.39 is 0 Å². The summed E-state index contributed by atoms with van der Waals surface area (Å²) in [6.07, 6.45) is 0. The van der Waals surface area contributed by atoms with E-state index in [2.05, 4.69) is 9.88 Å². The Hall–Kier alpha value is -1.59. The van der Waals surface area contributed by atoms with E-state index in [0.717, 1.165) is 23.6 Å². The first kappa shape index (κ1) is 12.9. The van der Waals surface area contributed by atoms with Gasteiger partial charge in [-0.15, -0.1) is 11.3 Å².